The van der Waals surface area contributed by atoms with Crippen LogP contribution in [0.4, 0.5) is 5.69 Å². The van der Waals surface area contributed by atoms with Crippen molar-refractivity contribution in [2.45, 2.75) is 25.9 Å². The van der Waals surface area contributed by atoms with Crippen molar-refractivity contribution in [2.24, 2.45) is 4.99 Å². The lowest BCUT2D eigenvalue weighted by molar-refractivity contribution is 0.369. The van der Waals surface area contributed by atoms with E-state index in [1.807, 2.05) is 25.2 Å². The number of nitrogens with one attached hydrogen (secondary N) is 1. The molecular weight excluding hydrogens is 330 g/mol. The fourth-order valence-electron chi connectivity index (χ4n) is 3.72. The number of rotatable bonds is 3. The normalized spacial score (nSPS) is 17.5. The van der Waals surface area contributed by atoms with Crippen molar-refractivity contribution in [2.75, 3.05) is 38.1 Å². The van der Waals surface area contributed by atoms with Crippen molar-refractivity contribution in [3.05, 3.63) is 35.9 Å². The Balaban J connectivity index is 1.34. The van der Waals surface area contributed by atoms with E-state index in [-0.39, 0.29) is 0 Å². The van der Waals surface area contributed by atoms with Gasteiger partial charge >= 0.3 is 0 Å². The molecule has 2 aromatic rings. The van der Waals surface area contributed by atoms with Crippen LogP contribution in [0.3, 0.4) is 0 Å². The number of anilines is 1. The maximum Gasteiger partial charge on any atom is 0.194 e. The Bertz CT molecular complexity index is 793. The number of aliphatic imine (C=N–C) groups is 1. The second-order valence-electron chi connectivity index (χ2n) is 6.65. The van der Waals surface area contributed by atoms with Crippen LogP contribution in [0.5, 0.6) is 5.75 Å². The predicted molar refractivity (Wildman–Crippen MR) is 100 cm³/mol. The lowest BCUT2D eigenvalue weighted by Crippen LogP contribution is -2.52. The highest BCUT2D eigenvalue weighted by atomic mass is 16.3. The van der Waals surface area contributed by atoms with E-state index >= 15 is 0 Å². The van der Waals surface area contributed by atoms with Crippen LogP contribution in [-0.2, 0) is 19.5 Å². The van der Waals surface area contributed by atoms with Gasteiger partial charge in [-0.05, 0) is 18.6 Å². The van der Waals surface area contributed by atoms with Crippen LogP contribution in [-0.4, -0.2) is 64.0 Å². The predicted octanol–water partition coefficient (Wildman–Crippen LogP) is 0.827. The molecule has 2 aliphatic rings. The number of benzene rings is 1. The number of fused-ring (bicyclic) bond motifs is 1. The Morgan fingerprint density at radius 3 is 2.73 bits per heavy atom. The number of hydrogen-bond acceptors (Lipinski definition) is 5. The molecule has 0 atom stereocenters. The van der Waals surface area contributed by atoms with Gasteiger partial charge in [0.1, 0.15) is 11.6 Å². The summed E-state index contributed by atoms with van der Waals surface area (Å²) in [6.45, 7) is 5.05. The minimum atomic E-state index is 0.337. The third-order valence-electron chi connectivity index (χ3n) is 5.10. The topological polar surface area (TPSA) is 81.8 Å². The van der Waals surface area contributed by atoms with Gasteiger partial charge in [0.05, 0.1) is 12.2 Å². The average Bonchev–Trinajstić information content (AvgIpc) is 3.28. The first kappa shape index (κ1) is 16.7. The van der Waals surface area contributed by atoms with Gasteiger partial charge in [0.2, 0.25) is 0 Å². The standard InChI is InChI=1S/C18H25N7O/c1-19-18(20-13-17-22-21-16-7-4-8-25(16)17)24-11-9-23(10-12-24)14-5-2-3-6-15(14)26/h2-3,5-6,26H,4,7-13H2,1H3,(H,19,20). The van der Waals surface area contributed by atoms with Crippen LogP contribution < -0.4 is 10.2 Å². The van der Waals surface area contributed by atoms with Crippen molar-refractivity contribution >= 4 is 11.6 Å². The van der Waals surface area contributed by atoms with Gasteiger partial charge in [0, 0.05) is 46.2 Å². The summed E-state index contributed by atoms with van der Waals surface area (Å²) < 4.78 is 2.20. The van der Waals surface area contributed by atoms with Crippen LogP contribution in [0.2, 0.25) is 0 Å². The van der Waals surface area contributed by atoms with E-state index in [0.717, 1.165) is 68.9 Å². The molecule has 2 N–H and O–H groups in total. The average molecular weight is 355 g/mol. The molecule has 4 rings (SSSR count). The molecule has 26 heavy (non-hydrogen) atoms. The zero-order valence-electron chi connectivity index (χ0n) is 15.1. The van der Waals surface area contributed by atoms with E-state index in [0.29, 0.717) is 12.3 Å². The van der Waals surface area contributed by atoms with E-state index in [1.54, 1.807) is 6.07 Å². The van der Waals surface area contributed by atoms with Gasteiger partial charge in [0.15, 0.2) is 11.8 Å². The fraction of sp³-hybridized carbons (Fsp3) is 0.500. The number of phenols is 1. The molecule has 0 radical (unpaired) electrons. The second kappa shape index (κ2) is 7.23. The molecule has 1 aromatic carbocycles. The highest BCUT2D eigenvalue weighted by molar-refractivity contribution is 5.80. The quantitative estimate of drug-likeness (QED) is 0.627. The number of phenolic OH excluding ortho intramolecular Hbond substituents is 1. The molecular formula is C18H25N7O. The van der Waals surface area contributed by atoms with Crippen LogP contribution >= 0.6 is 0 Å². The summed E-state index contributed by atoms with van der Waals surface area (Å²) in [7, 11) is 1.81. The Morgan fingerprint density at radius 2 is 1.96 bits per heavy atom. The molecule has 138 valence electrons. The monoisotopic (exact) mass is 355 g/mol. The SMILES string of the molecule is CN=C(NCc1nnc2n1CCC2)N1CCN(c2ccccc2O)CC1. The van der Waals surface area contributed by atoms with Gasteiger partial charge in [-0.25, -0.2) is 0 Å². The highest BCUT2D eigenvalue weighted by Gasteiger charge is 2.22. The Hall–Kier alpha value is -2.77. The maximum absolute atomic E-state index is 10.0. The van der Waals surface area contributed by atoms with Gasteiger partial charge < -0.3 is 24.8 Å². The van der Waals surface area contributed by atoms with Crippen LogP contribution in [0.1, 0.15) is 18.1 Å². The summed E-state index contributed by atoms with van der Waals surface area (Å²) in [5.74, 6) is 3.29. The molecule has 0 unspecified atom stereocenters. The molecule has 0 spiro atoms. The summed E-state index contributed by atoms with van der Waals surface area (Å²) in [6.07, 6.45) is 2.18. The molecule has 0 aliphatic carbocycles. The first-order valence-electron chi connectivity index (χ1n) is 9.16. The Labute approximate surface area is 153 Å². The van der Waals surface area contributed by atoms with Crippen molar-refractivity contribution in [1.82, 2.24) is 25.0 Å². The number of aromatic hydroxyl groups is 1. The first-order chi connectivity index (χ1) is 12.8. The summed E-state index contributed by atoms with van der Waals surface area (Å²) in [4.78, 5) is 8.89. The van der Waals surface area contributed by atoms with Crippen molar-refractivity contribution in [1.29, 1.82) is 0 Å². The molecule has 0 amide bonds. The number of hydrogen-bond donors (Lipinski definition) is 2. The van der Waals surface area contributed by atoms with E-state index in [9.17, 15) is 5.11 Å². The van der Waals surface area contributed by atoms with Gasteiger partial charge in [-0.15, -0.1) is 10.2 Å². The minimum absolute atomic E-state index is 0.337. The maximum atomic E-state index is 10.0. The van der Waals surface area contributed by atoms with Crippen molar-refractivity contribution < 1.29 is 5.11 Å². The molecule has 3 heterocycles. The van der Waals surface area contributed by atoms with Gasteiger partial charge in [0.25, 0.3) is 0 Å². The number of nitrogens with zero attached hydrogens (tertiary/aromatic N) is 6. The zero-order valence-corrected chi connectivity index (χ0v) is 15.1. The molecule has 8 nitrogen and oxygen atoms in total. The molecule has 2 aliphatic heterocycles. The summed E-state index contributed by atoms with van der Waals surface area (Å²) in [5, 5.41) is 22.0. The Morgan fingerprint density at radius 1 is 1.15 bits per heavy atom. The van der Waals surface area contributed by atoms with Crippen LogP contribution in [0, 0.1) is 0 Å². The van der Waals surface area contributed by atoms with E-state index in [2.05, 4.69) is 34.9 Å². The molecule has 0 bridgehead atoms. The Kier molecular flexibility index (Phi) is 4.64. The third kappa shape index (κ3) is 3.18. The van der Waals surface area contributed by atoms with Gasteiger partial charge in [-0.1, -0.05) is 12.1 Å². The van der Waals surface area contributed by atoms with Crippen LogP contribution in [0.25, 0.3) is 0 Å². The zero-order chi connectivity index (χ0) is 17.9. The van der Waals surface area contributed by atoms with Crippen molar-refractivity contribution in [3.8, 4) is 5.75 Å². The third-order valence-corrected chi connectivity index (χ3v) is 5.10. The second-order valence-corrected chi connectivity index (χ2v) is 6.65. The first-order valence-corrected chi connectivity index (χ1v) is 9.16. The molecule has 0 saturated carbocycles. The van der Waals surface area contributed by atoms with Crippen LogP contribution in [0.15, 0.2) is 29.3 Å². The van der Waals surface area contributed by atoms with Gasteiger partial charge in [-0.2, -0.15) is 0 Å². The summed E-state index contributed by atoms with van der Waals surface area (Å²) in [5.41, 5.74) is 0.897. The van der Waals surface area contributed by atoms with Gasteiger partial charge in [-0.3, -0.25) is 4.99 Å². The number of piperazine rings is 1. The molecule has 1 aromatic heterocycles. The number of aryl methyl sites for hydroxylation is 1. The number of guanidine groups is 1. The molecule has 1 fully saturated rings. The summed E-state index contributed by atoms with van der Waals surface area (Å²) >= 11 is 0. The minimum Gasteiger partial charge on any atom is -0.506 e. The van der Waals surface area contributed by atoms with E-state index in [1.165, 1.54) is 0 Å². The number of aromatic nitrogens is 3. The largest absolute Gasteiger partial charge is 0.506 e. The van der Waals surface area contributed by atoms with Crippen molar-refractivity contribution in [3.63, 3.8) is 0 Å². The molecule has 8 heteroatoms. The smallest absolute Gasteiger partial charge is 0.194 e. The lowest BCUT2D eigenvalue weighted by Gasteiger charge is -2.37. The van der Waals surface area contributed by atoms with E-state index in [4.69, 9.17) is 0 Å². The van der Waals surface area contributed by atoms with E-state index < -0.39 is 0 Å². The molecule has 1 saturated heterocycles. The lowest BCUT2D eigenvalue weighted by atomic mass is 10.2. The summed E-state index contributed by atoms with van der Waals surface area (Å²) in [6, 6.07) is 7.50. The fourth-order valence-corrected chi connectivity index (χ4v) is 3.72. The highest BCUT2D eigenvalue weighted by Crippen LogP contribution is 2.27. The number of para-hydroxylation sites is 2.